The van der Waals surface area contributed by atoms with Crippen molar-refractivity contribution in [1.29, 1.82) is 0 Å². The first-order valence-electron chi connectivity index (χ1n) is 8.85. The molecular formula is C17H26N4O4S. The SMILES string of the molecule is CC(c1ccc(NC(=O)N[C@@H]2CC[C@H]2S(N)(=O)=O)cc1)N1CCOCC1. The molecule has 1 unspecified atom stereocenters. The summed E-state index contributed by atoms with van der Waals surface area (Å²) in [7, 11) is -3.62. The lowest BCUT2D eigenvalue weighted by atomic mass is 9.92. The van der Waals surface area contributed by atoms with E-state index in [1.165, 1.54) is 5.56 Å². The molecule has 2 aliphatic rings. The van der Waals surface area contributed by atoms with Gasteiger partial charge in [0.05, 0.1) is 18.5 Å². The van der Waals surface area contributed by atoms with E-state index in [-0.39, 0.29) is 6.04 Å². The predicted molar refractivity (Wildman–Crippen MR) is 99.3 cm³/mol. The Morgan fingerprint density at radius 2 is 1.88 bits per heavy atom. The molecule has 3 rings (SSSR count). The first kappa shape index (κ1) is 19.1. The van der Waals surface area contributed by atoms with Crippen molar-refractivity contribution < 1.29 is 17.9 Å². The number of carbonyl (C=O) groups excluding carboxylic acids is 1. The van der Waals surface area contributed by atoms with E-state index in [4.69, 9.17) is 9.88 Å². The van der Waals surface area contributed by atoms with Gasteiger partial charge in [-0.05, 0) is 37.5 Å². The summed E-state index contributed by atoms with van der Waals surface area (Å²) < 4.78 is 28.2. The third-order valence-corrected chi connectivity index (χ3v) is 6.60. The number of ether oxygens (including phenoxy) is 1. The Kier molecular flexibility index (Phi) is 5.81. The lowest BCUT2D eigenvalue weighted by Gasteiger charge is -2.35. The van der Waals surface area contributed by atoms with Crippen LogP contribution in [0.15, 0.2) is 24.3 Å². The largest absolute Gasteiger partial charge is 0.379 e. The smallest absolute Gasteiger partial charge is 0.319 e. The van der Waals surface area contributed by atoms with E-state index < -0.39 is 27.3 Å². The maximum atomic E-state index is 12.1. The van der Waals surface area contributed by atoms with E-state index in [1.54, 1.807) is 0 Å². The molecule has 1 saturated heterocycles. The van der Waals surface area contributed by atoms with E-state index in [2.05, 4.69) is 22.5 Å². The monoisotopic (exact) mass is 382 g/mol. The summed E-state index contributed by atoms with van der Waals surface area (Å²) in [4.78, 5) is 14.4. The molecule has 2 fully saturated rings. The van der Waals surface area contributed by atoms with Crippen molar-refractivity contribution in [2.45, 2.75) is 37.1 Å². The molecule has 4 N–H and O–H groups in total. The molecule has 0 radical (unpaired) electrons. The number of sulfonamides is 1. The zero-order valence-electron chi connectivity index (χ0n) is 14.8. The number of hydrogen-bond acceptors (Lipinski definition) is 5. The van der Waals surface area contributed by atoms with Gasteiger partial charge in [0.2, 0.25) is 10.0 Å². The van der Waals surface area contributed by atoms with Crippen molar-refractivity contribution in [2.75, 3.05) is 31.6 Å². The molecule has 1 aliphatic heterocycles. The Morgan fingerprint density at radius 3 is 2.42 bits per heavy atom. The first-order valence-corrected chi connectivity index (χ1v) is 10.5. The number of amides is 2. The van der Waals surface area contributed by atoms with E-state index >= 15 is 0 Å². The highest BCUT2D eigenvalue weighted by Gasteiger charge is 2.39. The molecule has 0 aromatic heterocycles. The number of primary sulfonamides is 1. The minimum absolute atomic E-state index is 0.285. The molecule has 1 aromatic rings. The van der Waals surface area contributed by atoms with Crippen LogP contribution in [0.3, 0.4) is 0 Å². The van der Waals surface area contributed by atoms with Crippen LogP contribution in [0.5, 0.6) is 0 Å². The van der Waals surface area contributed by atoms with Gasteiger partial charge in [0.1, 0.15) is 0 Å². The molecule has 26 heavy (non-hydrogen) atoms. The normalized spacial score (nSPS) is 25.2. The average Bonchev–Trinajstić information content (AvgIpc) is 2.58. The molecule has 1 saturated carbocycles. The summed E-state index contributed by atoms with van der Waals surface area (Å²) in [5, 5.41) is 9.88. The fraction of sp³-hybridized carbons (Fsp3) is 0.588. The Morgan fingerprint density at radius 1 is 1.23 bits per heavy atom. The van der Waals surface area contributed by atoms with Gasteiger partial charge in [0.25, 0.3) is 0 Å². The zero-order chi connectivity index (χ0) is 18.7. The predicted octanol–water partition coefficient (Wildman–Crippen LogP) is 1.02. The highest BCUT2D eigenvalue weighted by atomic mass is 32.2. The van der Waals surface area contributed by atoms with E-state index in [0.717, 1.165) is 26.3 Å². The van der Waals surface area contributed by atoms with Crippen molar-refractivity contribution in [3.05, 3.63) is 29.8 Å². The number of morpholine rings is 1. The molecule has 1 heterocycles. The second-order valence-electron chi connectivity index (χ2n) is 6.86. The molecule has 0 spiro atoms. The van der Waals surface area contributed by atoms with Crippen LogP contribution in [0.4, 0.5) is 10.5 Å². The number of benzene rings is 1. The summed E-state index contributed by atoms with van der Waals surface area (Å²) in [6.07, 6.45) is 1.10. The number of nitrogens with zero attached hydrogens (tertiary/aromatic N) is 1. The van der Waals surface area contributed by atoms with Gasteiger partial charge in [0.15, 0.2) is 0 Å². The molecule has 9 heteroatoms. The fourth-order valence-electron chi connectivity index (χ4n) is 3.38. The van der Waals surface area contributed by atoms with Crippen molar-refractivity contribution in [2.24, 2.45) is 5.14 Å². The standard InChI is InChI=1S/C17H26N4O4S/c1-12(21-8-10-25-11-9-21)13-2-4-14(5-3-13)19-17(22)20-15-6-7-16(15)26(18,23)24/h2-5,12,15-16H,6-11H2,1H3,(H2,18,23,24)(H2,19,20,22)/t12?,15-,16-/m1/s1. The minimum Gasteiger partial charge on any atom is -0.379 e. The maximum Gasteiger partial charge on any atom is 0.319 e. The number of hydrogen-bond donors (Lipinski definition) is 3. The van der Waals surface area contributed by atoms with Crippen LogP contribution in [-0.4, -0.2) is 56.9 Å². The Bertz CT molecular complexity index is 732. The Hall–Kier alpha value is -1.68. The Balaban J connectivity index is 1.53. The second-order valence-corrected chi connectivity index (χ2v) is 8.64. The quantitative estimate of drug-likeness (QED) is 0.704. The third kappa shape index (κ3) is 4.53. The molecule has 144 valence electrons. The number of nitrogens with two attached hydrogens (primary N) is 1. The molecule has 3 atom stereocenters. The highest BCUT2D eigenvalue weighted by Crippen LogP contribution is 2.26. The summed E-state index contributed by atoms with van der Waals surface area (Å²) in [6, 6.07) is 7.13. The number of nitrogens with one attached hydrogen (secondary N) is 2. The average molecular weight is 382 g/mol. The van der Waals surface area contributed by atoms with Gasteiger partial charge >= 0.3 is 6.03 Å². The number of urea groups is 1. The van der Waals surface area contributed by atoms with Crippen LogP contribution in [0.2, 0.25) is 0 Å². The van der Waals surface area contributed by atoms with Crippen molar-refractivity contribution in [3.8, 4) is 0 Å². The topological polar surface area (TPSA) is 114 Å². The lowest BCUT2D eigenvalue weighted by Crippen LogP contribution is -2.56. The van der Waals surface area contributed by atoms with Crippen LogP contribution in [0, 0.1) is 0 Å². The van der Waals surface area contributed by atoms with E-state index in [9.17, 15) is 13.2 Å². The van der Waals surface area contributed by atoms with Gasteiger partial charge in [-0.3, -0.25) is 4.90 Å². The van der Waals surface area contributed by atoms with E-state index in [0.29, 0.717) is 18.5 Å². The molecule has 1 aromatic carbocycles. The summed E-state index contributed by atoms with van der Waals surface area (Å²) in [6.45, 7) is 5.49. The van der Waals surface area contributed by atoms with Gasteiger partial charge in [-0.1, -0.05) is 12.1 Å². The molecule has 2 amide bonds. The van der Waals surface area contributed by atoms with Crippen molar-refractivity contribution in [3.63, 3.8) is 0 Å². The number of rotatable bonds is 5. The van der Waals surface area contributed by atoms with Crippen LogP contribution in [-0.2, 0) is 14.8 Å². The van der Waals surface area contributed by atoms with Crippen LogP contribution in [0.25, 0.3) is 0 Å². The maximum absolute atomic E-state index is 12.1. The minimum atomic E-state index is -3.62. The lowest BCUT2D eigenvalue weighted by molar-refractivity contribution is 0.0198. The third-order valence-electron chi connectivity index (χ3n) is 5.19. The molecular weight excluding hydrogens is 356 g/mol. The first-order chi connectivity index (χ1) is 12.3. The van der Waals surface area contributed by atoms with Crippen LogP contribution < -0.4 is 15.8 Å². The molecule has 8 nitrogen and oxygen atoms in total. The summed E-state index contributed by atoms with van der Waals surface area (Å²) in [5.41, 5.74) is 1.83. The summed E-state index contributed by atoms with van der Waals surface area (Å²) in [5.74, 6) is 0. The Labute approximate surface area is 154 Å². The molecule has 0 bridgehead atoms. The number of carbonyl (C=O) groups is 1. The van der Waals surface area contributed by atoms with E-state index in [1.807, 2.05) is 24.3 Å². The number of anilines is 1. The van der Waals surface area contributed by atoms with Crippen molar-refractivity contribution >= 4 is 21.7 Å². The van der Waals surface area contributed by atoms with Gasteiger partial charge in [-0.25, -0.2) is 18.4 Å². The van der Waals surface area contributed by atoms with Crippen molar-refractivity contribution in [1.82, 2.24) is 10.2 Å². The highest BCUT2D eigenvalue weighted by molar-refractivity contribution is 7.89. The van der Waals surface area contributed by atoms with Gasteiger partial charge < -0.3 is 15.4 Å². The van der Waals surface area contributed by atoms with Gasteiger partial charge in [0, 0.05) is 30.9 Å². The second kappa shape index (κ2) is 7.91. The zero-order valence-corrected chi connectivity index (χ0v) is 15.7. The summed E-state index contributed by atoms with van der Waals surface area (Å²) >= 11 is 0. The van der Waals surface area contributed by atoms with Gasteiger partial charge in [-0.15, -0.1) is 0 Å². The van der Waals surface area contributed by atoms with Crippen LogP contribution >= 0.6 is 0 Å². The molecule has 1 aliphatic carbocycles. The fourth-order valence-corrected chi connectivity index (χ4v) is 4.51. The van der Waals surface area contributed by atoms with Crippen LogP contribution in [0.1, 0.15) is 31.4 Å². The van der Waals surface area contributed by atoms with Gasteiger partial charge in [-0.2, -0.15) is 0 Å².